The van der Waals surface area contributed by atoms with E-state index in [4.69, 9.17) is 16.6 Å². The van der Waals surface area contributed by atoms with Gasteiger partial charge in [0.1, 0.15) is 10.7 Å². The molecule has 0 spiro atoms. The predicted molar refractivity (Wildman–Crippen MR) is 105 cm³/mol. The van der Waals surface area contributed by atoms with Crippen LogP contribution in [-0.4, -0.2) is 14.6 Å². The van der Waals surface area contributed by atoms with E-state index in [0.717, 1.165) is 36.7 Å². The van der Waals surface area contributed by atoms with E-state index in [-0.39, 0.29) is 17.0 Å². The second-order valence-electron chi connectivity index (χ2n) is 4.51. The summed E-state index contributed by atoms with van der Waals surface area (Å²) in [5, 5.41) is 9.09. The zero-order valence-electron chi connectivity index (χ0n) is 11.5. The summed E-state index contributed by atoms with van der Waals surface area (Å²) >= 11 is 10.5. The molecule has 3 nitrogen and oxygen atoms in total. The van der Waals surface area contributed by atoms with Gasteiger partial charge >= 0.3 is 0 Å². The Kier molecular flexibility index (Phi) is 5.23. The number of hydrogen-bond acceptors (Lipinski definition) is 6. The average Bonchev–Trinajstić information content (AvgIpc) is 3.28. The van der Waals surface area contributed by atoms with Crippen molar-refractivity contribution in [2.45, 2.75) is 0 Å². The molecule has 0 N–H and O–H groups in total. The molecule has 4 rings (SSSR count). The maximum atomic E-state index is 5.98. The van der Waals surface area contributed by atoms with Gasteiger partial charge in [-0.2, -0.15) is 0 Å². The summed E-state index contributed by atoms with van der Waals surface area (Å²) in [6, 6.07) is 12.1. The minimum Gasteiger partial charge on any atom is -0.235 e. The van der Waals surface area contributed by atoms with Crippen LogP contribution in [0.4, 0.5) is 0 Å². The summed E-state index contributed by atoms with van der Waals surface area (Å²) in [5.41, 5.74) is 4.06. The van der Waals surface area contributed by atoms with Gasteiger partial charge in [0.2, 0.25) is 0 Å². The van der Waals surface area contributed by atoms with Gasteiger partial charge in [-0.3, -0.25) is 0 Å². The lowest BCUT2D eigenvalue weighted by atomic mass is 10.1. The molecule has 0 saturated heterocycles. The fourth-order valence-corrected chi connectivity index (χ4v) is 4.42. The van der Waals surface area contributed by atoms with E-state index in [9.17, 15) is 0 Å². The Balaban J connectivity index is 0.00000156. The summed E-state index contributed by atoms with van der Waals surface area (Å²) in [4.78, 5) is 5.80. The Hall–Kier alpha value is -1.12. The number of aromatic nitrogens is 3. The summed E-state index contributed by atoms with van der Waals surface area (Å²) in [5.74, 6) is 0. The highest BCUT2D eigenvalue weighted by atomic mass is 79.9. The minimum atomic E-state index is 0. The van der Waals surface area contributed by atoms with E-state index in [0.29, 0.717) is 0 Å². The van der Waals surface area contributed by atoms with Crippen molar-refractivity contribution in [1.82, 2.24) is 14.6 Å². The van der Waals surface area contributed by atoms with E-state index >= 15 is 0 Å². The number of thiazole rings is 1. The van der Waals surface area contributed by atoms with Gasteiger partial charge in [-0.1, -0.05) is 40.4 Å². The summed E-state index contributed by atoms with van der Waals surface area (Å²) < 4.78 is 4.67. The molecule has 0 atom stereocenters. The third-order valence-corrected chi connectivity index (χ3v) is 5.77. The van der Waals surface area contributed by atoms with Crippen LogP contribution in [0, 0.1) is 0 Å². The third kappa shape index (κ3) is 3.54. The van der Waals surface area contributed by atoms with Crippen molar-refractivity contribution in [2.24, 2.45) is 0 Å². The number of thiophene rings is 1. The molecular formula is C15H9BrClN3S3. The molecule has 0 amide bonds. The van der Waals surface area contributed by atoms with E-state index in [1.54, 1.807) is 22.7 Å². The first-order valence-corrected chi connectivity index (χ1v) is 9.30. The topological polar surface area (TPSA) is 38.7 Å². The molecular weight excluding hydrogens is 434 g/mol. The van der Waals surface area contributed by atoms with Crippen molar-refractivity contribution in [1.29, 1.82) is 0 Å². The number of rotatable bonds is 3. The molecule has 0 radical (unpaired) electrons. The van der Waals surface area contributed by atoms with Crippen molar-refractivity contribution in [3.63, 3.8) is 0 Å². The molecule has 8 heteroatoms. The highest BCUT2D eigenvalue weighted by molar-refractivity contribution is 8.93. The van der Waals surface area contributed by atoms with Crippen molar-refractivity contribution in [3.8, 4) is 32.4 Å². The highest BCUT2D eigenvalue weighted by Crippen LogP contribution is 2.34. The van der Waals surface area contributed by atoms with Crippen LogP contribution in [0.5, 0.6) is 0 Å². The Bertz CT molecular complexity index is 900. The second-order valence-corrected chi connectivity index (χ2v) is 7.69. The minimum absolute atomic E-state index is 0. The van der Waals surface area contributed by atoms with E-state index < -0.39 is 0 Å². The maximum absolute atomic E-state index is 5.98. The monoisotopic (exact) mass is 441 g/mol. The van der Waals surface area contributed by atoms with E-state index in [1.165, 1.54) is 11.5 Å². The molecule has 0 saturated carbocycles. The van der Waals surface area contributed by atoms with Gasteiger partial charge < -0.3 is 0 Å². The number of nitrogens with zero attached hydrogens (tertiary/aromatic N) is 3. The van der Waals surface area contributed by atoms with Crippen LogP contribution in [0.15, 0.2) is 47.2 Å². The predicted octanol–water partition coefficient (Wildman–Crippen LogP) is 6.29. The van der Waals surface area contributed by atoms with Crippen LogP contribution in [0.25, 0.3) is 32.4 Å². The summed E-state index contributed by atoms with van der Waals surface area (Å²) in [6.45, 7) is 0. The Labute approximate surface area is 160 Å². The third-order valence-electron chi connectivity index (χ3n) is 3.12. The van der Waals surface area contributed by atoms with Gasteiger partial charge in [0.15, 0.2) is 0 Å². The Morgan fingerprint density at radius 1 is 0.870 bits per heavy atom. The zero-order valence-corrected chi connectivity index (χ0v) is 16.4. The summed E-state index contributed by atoms with van der Waals surface area (Å²) in [7, 11) is 0. The fourth-order valence-electron chi connectivity index (χ4n) is 2.05. The van der Waals surface area contributed by atoms with Crippen molar-refractivity contribution >= 4 is 62.8 Å². The van der Waals surface area contributed by atoms with Gasteiger partial charge in [-0.05, 0) is 23.7 Å². The molecule has 0 unspecified atom stereocenters. The zero-order chi connectivity index (χ0) is 14.9. The van der Waals surface area contributed by atoms with Gasteiger partial charge in [0.25, 0.3) is 0 Å². The second kappa shape index (κ2) is 7.19. The van der Waals surface area contributed by atoms with Crippen molar-refractivity contribution in [2.75, 3.05) is 0 Å². The molecule has 3 heterocycles. The summed E-state index contributed by atoms with van der Waals surface area (Å²) in [6.07, 6.45) is 0. The average molecular weight is 443 g/mol. The molecule has 0 aliphatic rings. The molecule has 0 aliphatic heterocycles. The van der Waals surface area contributed by atoms with Gasteiger partial charge in [0, 0.05) is 21.9 Å². The van der Waals surface area contributed by atoms with E-state index in [1.807, 2.05) is 17.5 Å². The molecule has 23 heavy (non-hydrogen) atoms. The van der Waals surface area contributed by atoms with Gasteiger partial charge in [-0.25, -0.2) is 4.98 Å². The first kappa shape index (κ1) is 16.7. The molecule has 0 bridgehead atoms. The smallest absolute Gasteiger partial charge is 0.124 e. The van der Waals surface area contributed by atoms with Gasteiger partial charge in [-0.15, -0.1) is 44.8 Å². The first-order valence-electron chi connectivity index (χ1n) is 6.39. The lowest BCUT2D eigenvalue weighted by molar-refractivity contribution is 1.16. The van der Waals surface area contributed by atoms with E-state index in [2.05, 4.69) is 39.2 Å². The quantitative estimate of drug-likeness (QED) is 0.374. The Morgan fingerprint density at radius 2 is 1.65 bits per heavy atom. The van der Waals surface area contributed by atoms with Crippen LogP contribution in [0.3, 0.4) is 0 Å². The van der Waals surface area contributed by atoms with Crippen LogP contribution >= 0.6 is 62.8 Å². The fraction of sp³-hybridized carbons (Fsp3) is 0. The maximum Gasteiger partial charge on any atom is 0.124 e. The number of hydrogen-bond donors (Lipinski definition) is 0. The first-order chi connectivity index (χ1) is 10.8. The van der Waals surface area contributed by atoms with Crippen LogP contribution in [-0.2, 0) is 0 Å². The highest BCUT2D eigenvalue weighted by Gasteiger charge is 2.09. The van der Waals surface area contributed by atoms with Crippen LogP contribution < -0.4 is 0 Å². The SMILES string of the molecule is Br.Clc1ccc(-c2csc(-c3ccc(-c4csnn4)cc3)n2)s1. The number of halogens is 2. The lowest BCUT2D eigenvalue weighted by Crippen LogP contribution is -1.80. The standard InChI is InChI=1S/C15H8ClN3S3.BrH/c16-14-6-5-13(22-14)12-7-20-15(17-12)10-3-1-9(2-4-10)11-8-21-19-18-11;/h1-8H;1H. The molecule has 0 aliphatic carbocycles. The van der Waals surface area contributed by atoms with Crippen molar-refractivity contribution in [3.05, 3.63) is 51.5 Å². The lowest BCUT2D eigenvalue weighted by Gasteiger charge is -1.98. The number of benzene rings is 1. The largest absolute Gasteiger partial charge is 0.235 e. The normalized spacial score (nSPS) is 10.5. The molecule has 116 valence electrons. The van der Waals surface area contributed by atoms with Crippen LogP contribution in [0.1, 0.15) is 0 Å². The molecule has 1 aromatic carbocycles. The molecule has 4 aromatic rings. The van der Waals surface area contributed by atoms with Crippen molar-refractivity contribution < 1.29 is 0 Å². The Morgan fingerprint density at radius 3 is 2.30 bits per heavy atom. The van der Waals surface area contributed by atoms with Gasteiger partial charge in [0.05, 0.1) is 14.9 Å². The molecule has 3 aromatic heterocycles. The molecule has 0 fully saturated rings. The van der Waals surface area contributed by atoms with Crippen LogP contribution in [0.2, 0.25) is 4.34 Å².